The maximum absolute atomic E-state index is 12.0. The fraction of sp³-hybridized carbons (Fsp3) is 0.417. The summed E-state index contributed by atoms with van der Waals surface area (Å²) in [6, 6.07) is 6.40. The SMILES string of the molecule is CCCCOC(=O)CS(=O)(=O)c1ccccc1Br. The second-order valence-electron chi connectivity index (χ2n) is 3.76. The van der Waals surface area contributed by atoms with E-state index in [1.54, 1.807) is 18.2 Å². The third kappa shape index (κ3) is 4.42. The van der Waals surface area contributed by atoms with Crippen LogP contribution in [0.4, 0.5) is 0 Å². The zero-order valence-electron chi connectivity index (χ0n) is 10.1. The van der Waals surface area contributed by atoms with Crippen LogP contribution in [0.5, 0.6) is 0 Å². The van der Waals surface area contributed by atoms with Crippen LogP contribution in [0.3, 0.4) is 0 Å². The normalized spacial score (nSPS) is 11.2. The van der Waals surface area contributed by atoms with E-state index in [-0.39, 0.29) is 11.5 Å². The molecule has 18 heavy (non-hydrogen) atoms. The van der Waals surface area contributed by atoms with Gasteiger partial charge in [-0.2, -0.15) is 0 Å². The molecule has 0 radical (unpaired) electrons. The van der Waals surface area contributed by atoms with Gasteiger partial charge in [-0.15, -0.1) is 0 Å². The Morgan fingerprint density at radius 2 is 2.00 bits per heavy atom. The van der Waals surface area contributed by atoms with Gasteiger partial charge in [0.2, 0.25) is 0 Å². The molecule has 1 aromatic rings. The largest absolute Gasteiger partial charge is 0.465 e. The number of ether oxygens (including phenoxy) is 1. The lowest BCUT2D eigenvalue weighted by Gasteiger charge is -2.06. The highest BCUT2D eigenvalue weighted by molar-refractivity contribution is 9.10. The lowest BCUT2D eigenvalue weighted by molar-refractivity contribution is -0.140. The Balaban J connectivity index is 2.71. The summed E-state index contributed by atoms with van der Waals surface area (Å²) in [5.74, 6) is -1.33. The van der Waals surface area contributed by atoms with Crippen LogP contribution in [0.2, 0.25) is 0 Å². The van der Waals surface area contributed by atoms with E-state index in [0.717, 1.165) is 12.8 Å². The molecule has 0 aliphatic carbocycles. The monoisotopic (exact) mass is 334 g/mol. The molecule has 0 atom stereocenters. The fourth-order valence-electron chi connectivity index (χ4n) is 1.30. The van der Waals surface area contributed by atoms with Gasteiger partial charge in [-0.05, 0) is 34.5 Å². The smallest absolute Gasteiger partial charge is 0.321 e. The van der Waals surface area contributed by atoms with Crippen molar-refractivity contribution in [1.82, 2.24) is 0 Å². The van der Waals surface area contributed by atoms with E-state index < -0.39 is 21.6 Å². The van der Waals surface area contributed by atoms with Gasteiger partial charge in [0, 0.05) is 4.47 Å². The Morgan fingerprint density at radius 3 is 2.61 bits per heavy atom. The Labute approximate surface area is 115 Å². The van der Waals surface area contributed by atoms with Crippen molar-refractivity contribution in [1.29, 1.82) is 0 Å². The van der Waals surface area contributed by atoms with Crippen molar-refractivity contribution in [2.45, 2.75) is 24.7 Å². The Morgan fingerprint density at radius 1 is 1.33 bits per heavy atom. The van der Waals surface area contributed by atoms with Gasteiger partial charge in [0.1, 0.15) is 0 Å². The average Bonchev–Trinajstić information content (AvgIpc) is 2.29. The van der Waals surface area contributed by atoms with Crippen molar-refractivity contribution in [3.05, 3.63) is 28.7 Å². The molecule has 100 valence electrons. The molecular weight excluding hydrogens is 320 g/mol. The summed E-state index contributed by atoms with van der Waals surface area (Å²) < 4.78 is 29.2. The van der Waals surface area contributed by atoms with Gasteiger partial charge in [0.25, 0.3) is 0 Å². The first kappa shape index (κ1) is 15.2. The summed E-state index contributed by atoms with van der Waals surface area (Å²) in [4.78, 5) is 11.5. The summed E-state index contributed by atoms with van der Waals surface area (Å²) in [6.07, 6.45) is 1.63. The van der Waals surface area contributed by atoms with E-state index in [4.69, 9.17) is 4.74 Å². The number of rotatable bonds is 6. The molecular formula is C12H15BrO4S. The molecule has 0 spiro atoms. The van der Waals surface area contributed by atoms with Crippen LogP contribution >= 0.6 is 15.9 Å². The number of carbonyl (C=O) groups is 1. The van der Waals surface area contributed by atoms with Crippen molar-refractivity contribution < 1.29 is 17.9 Å². The first-order valence-electron chi connectivity index (χ1n) is 5.60. The van der Waals surface area contributed by atoms with E-state index in [9.17, 15) is 13.2 Å². The third-order valence-corrected chi connectivity index (χ3v) is 4.84. The molecule has 1 aromatic carbocycles. The molecule has 0 heterocycles. The van der Waals surface area contributed by atoms with Gasteiger partial charge in [0.05, 0.1) is 11.5 Å². The standard InChI is InChI=1S/C12H15BrO4S/c1-2-3-8-17-12(14)9-18(15,16)11-7-5-4-6-10(11)13/h4-7H,2-3,8-9H2,1H3. The number of hydrogen-bond donors (Lipinski definition) is 0. The fourth-order valence-corrected chi connectivity index (χ4v) is 3.53. The van der Waals surface area contributed by atoms with Crippen LogP contribution in [0.1, 0.15) is 19.8 Å². The number of benzene rings is 1. The van der Waals surface area contributed by atoms with Gasteiger partial charge in [-0.1, -0.05) is 25.5 Å². The van der Waals surface area contributed by atoms with Crippen LogP contribution < -0.4 is 0 Å². The van der Waals surface area contributed by atoms with E-state index in [1.165, 1.54) is 6.07 Å². The second-order valence-corrected chi connectivity index (χ2v) is 6.58. The molecule has 4 nitrogen and oxygen atoms in total. The van der Waals surface area contributed by atoms with E-state index >= 15 is 0 Å². The molecule has 0 saturated carbocycles. The maximum Gasteiger partial charge on any atom is 0.321 e. The number of halogens is 1. The maximum atomic E-state index is 12.0. The van der Waals surface area contributed by atoms with Gasteiger partial charge in [-0.25, -0.2) is 8.42 Å². The molecule has 6 heteroatoms. The molecule has 0 aromatic heterocycles. The Hall–Kier alpha value is -0.880. The number of hydrogen-bond acceptors (Lipinski definition) is 4. The van der Waals surface area contributed by atoms with Crippen molar-refractivity contribution in [2.24, 2.45) is 0 Å². The van der Waals surface area contributed by atoms with Gasteiger partial charge in [-0.3, -0.25) is 4.79 Å². The van der Waals surface area contributed by atoms with E-state index in [0.29, 0.717) is 4.47 Å². The molecule has 0 fully saturated rings. The second kappa shape index (κ2) is 6.89. The third-order valence-electron chi connectivity index (χ3n) is 2.24. The highest BCUT2D eigenvalue weighted by Gasteiger charge is 2.22. The lowest BCUT2D eigenvalue weighted by atomic mass is 10.4. The minimum Gasteiger partial charge on any atom is -0.465 e. The van der Waals surface area contributed by atoms with Crippen molar-refractivity contribution >= 4 is 31.7 Å². The highest BCUT2D eigenvalue weighted by atomic mass is 79.9. The molecule has 1 rings (SSSR count). The summed E-state index contributed by atoms with van der Waals surface area (Å²) in [5.41, 5.74) is 0. The van der Waals surface area contributed by atoms with Crippen LogP contribution in [0.15, 0.2) is 33.6 Å². The van der Waals surface area contributed by atoms with Crippen LogP contribution in [-0.2, 0) is 19.4 Å². The Kier molecular flexibility index (Phi) is 5.81. The predicted octanol–water partition coefficient (Wildman–Crippen LogP) is 2.57. The minimum atomic E-state index is -3.65. The number of sulfone groups is 1. The van der Waals surface area contributed by atoms with Crippen LogP contribution in [0.25, 0.3) is 0 Å². The van der Waals surface area contributed by atoms with Crippen molar-refractivity contribution in [3.8, 4) is 0 Å². The zero-order valence-corrected chi connectivity index (χ0v) is 12.5. The topological polar surface area (TPSA) is 60.4 Å². The molecule has 0 bridgehead atoms. The number of carbonyl (C=O) groups excluding carboxylic acids is 1. The molecule has 0 aliphatic heterocycles. The first-order valence-corrected chi connectivity index (χ1v) is 8.05. The van der Waals surface area contributed by atoms with E-state index in [1.807, 2.05) is 6.92 Å². The quantitative estimate of drug-likeness (QED) is 0.592. The summed E-state index contributed by atoms with van der Waals surface area (Å²) in [7, 11) is -3.65. The summed E-state index contributed by atoms with van der Waals surface area (Å²) in [5, 5.41) is 0. The van der Waals surface area contributed by atoms with Crippen molar-refractivity contribution in [2.75, 3.05) is 12.4 Å². The molecule has 0 N–H and O–H groups in total. The van der Waals surface area contributed by atoms with Gasteiger partial charge >= 0.3 is 5.97 Å². The molecule has 0 unspecified atom stereocenters. The van der Waals surface area contributed by atoms with E-state index in [2.05, 4.69) is 15.9 Å². The predicted molar refractivity (Wildman–Crippen MR) is 72.1 cm³/mol. The van der Waals surface area contributed by atoms with Crippen LogP contribution in [-0.4, -0.2) is 26.7 Å². The van der Waals surface area contributed by atoms with Crippen LogP contribution in [0, 0.1) is 0 Å². The average molecular weight is 335 g/mol. The number of unbranched alkanes of at least 4 members (excludes halogenated alkanes) is 1. The Bertz CT molecular complexity index is 511. The zero-order chi connectivity index (χ0) is 13.6. The van der Waals surface area contributed by atoms with Crippen molar-refractivity contribution in [3.63, 3.8) is 0 Å². The van der Waals surface area contributed by atoms with Gasteiger partial charge in [0.15, 0.2) is 15.6 Å². The molecule has 0 amide bonds. The molecule has 0 aliphatic rings. The minimum absolute atomic E-state index is 0.109. The number of esters is 1. The summed E-state index contributed by atoms with van der Waals surface area (Å²) in [6.45, 7) is 2.23. The highest BCUT2D eigenvalue weighted by Crippen LogP contribution is 2.22. The first-order chi connectivity index (χ1) is 8.47. The summed E-state index contributed by atoms with van der Waals surface area (Å²) >= 11 is 3.15. The molecule has 0 saturated heterocycles. The lowest BCUT2D eigenvalue weighted by Crippen LogP contribution is -2.19. The van der Waals surface area contributed by atoms with Gasteiger partial charge < -0.3 is 4.74 Å².